The fourth-order valence-electron chi connectivity index (χ4n) is 1.95. The van der Waals surface area contributed by atoms with Crippen molar-refractivity contribution in [1.29, 1.82) is 0 Å². The van der Waals surface area contributed by atoms with Gasteiger partial charge >= 0.3 is 0 Å². The number of rotatable bonds is 3. The summed E-state index contributed by atoms with van der Waals surface area (Å²) in [6, 6.07) is 11.0. The molecule has 7 heteroatoms. The zero-order valence-electron chi connectivity index (χ0n) is 11.2. The predicted molar refractivity (Wildman–Crippen MR) is 85.9 cm³/mol. The summed E-state index contributed by atoms with van der Waals surface area (Å²) in [7, 11) is 0. The summed E-state index contributed by atoms with van der Waals surface area (Å²) in [5.74, 6) is 0.837. The lowest BCUT2D eigenvalue weighted by Crippen LogP contribution is -2.20. The average Bonchev–Trinajstić information content (AvgIpc) is 2.73. The van der Waals surface area contributed by atoms with Gasteiger partial charge in [-0.3, -0.25) is 15.0 Å². The van der Waals surface area contributed by atoms with E-state index in [-0.39, 0.29) is 5.75 Å². The van der Waals surface area contributed by atoms with Crippen molar-refractivity contribution in [2.75, 3.05) is 5.75 Å². The molecule has 1 heterocycles. The first-order valence-corrected chi connectivity index (χ1v) is 7.74. The second-order valence-electron chi connectivity index (χ2n) is 4.44. The molecule has 2 aromatic rings. The van der Waals surface area contributed by atoms with Crippen LogP contribution in [-0.2, 0) is 4.79 Å². The van der Waals surface area contributed by atoms with Crippen LogP contribution in [-0.4, -0.2) is 23.1 Å². The number of carbonyl (C=O) groups is 1. The van der Waals surface area contributed by atoms with E-state index in [0.29, 0.717) is 27.0 Å². The minimum Gasteiger partial charge on any atom is -0.454 e. The summed E-state index contributed by atoms with van der Waals surface area (Å²) in [4.78, 5) is 16.2. The second kappa shape index (κ2) is 6.39. The van der Waals surface area contributed by atoms with Crippen molar-refractivity contribution in [2.24, 2.45) is 4.99 Å². The molecule has 0 bridgehead atoms. The molecule has 1 amide bonds. The third-order valence-electron chi connectivity index (χ3n) is 3.01. The van der Waals surface area contributed by atoms with Crippen LogP contribution in [0.25, 0.3) is 0 Å². The van der Waals surface area contributed by atoms with E-state index >= 15 is 0 Å². The Balaban J connectivity index is 1.93. The van der Waals surface area contributed by atoms with Gasteiger partial charge in [-0.15, -0.1) is 11.8 Å². The fourth-order valence-corrected chi connectivity index (χ4v) is 3.07. The lowest BCUT2D eigenvalue weighted by Gasteiger charge is -2.11. The van der Waals surface area contributed by atoms with Crippen LogP contribution in [0.4, 0.5) is 5.69 Å². The quantitative estimate of drug-likeness (QED) is 0.434. The van der Waals surface area contributed by atoms with Gasteiger partial charge in [0.25, 0.3) is 5.91 Å². The summed E-state index contributed by atoms with van der Waals surface area (Å²) in [5, 5.41) is 8.99. The van der Waals surface area contributed by atoms with E-state index in [9.17, 15) is 4.79 Å². The van der Waals surface area contributed by atoms with Gasteiger partial charge in [-0.1, -0.05) is 23.7 Å². The highest BCUT2D eigenvalue weighted by Gasteiger charge is 2.17. The molecule has 0 unspecified atom stereocenters. The SMILES string of the molecule is O=C(CSc1ccc2c(c1Cl)C=Nc1ccccc1O2)NO. The van der Waals surface area contributed by atoms with Crippen molar-refractivity contribution in [1.82, 2.24) is 5.48 Å². The number of nitrogens with one attached hydrogen (secondary N) is 1. The number of ether oxygens (including phenoxy) is 1. The van der Waals surface area contributed by atoms with Crippen molar-refractivity contribution < 1.29 is 14.7 Å². The molecule has 1 aliphatic heterocycles. The zero-order chi connectivity index (χ0) is 15.5. The van der Waals surface area contributed by atoms with Gasteiger partial charge in [0.1, 0.15) is 11.4 Å². The predicted octanol–water partition coefficient (Wildman–Crippen LogP) is 3.79. The highest BCUT2D eigenvalue weighted by Crippen LogP contribution is 2.41. The topological polar surface area (TPSA) is 70.9 Å². The Morgan fingerprint density at radius 2 is 2.09 bits per heavy atom. The minimum absolute atomic E-state index is 0.0627. The van der Waals surface area contributed by atoms with Gasteiger partial charge in [-0.2, -0.15) is 0 Å². The molecular formula is C15H11ClN2O3S. The monoisotopic (exact) mass is 334 g/mol. The maximum Gasteiger partial charge on any atom is 0.253 e. The molecule has 0 atom stereocenters. The Hall–Kier alpha value is -2.02. The van der Waals surface area contributed by atoms with Crippen LogP contribution in [0.5, 0.6) is 11.5 Å². The largest absolute Gasteiger partial charge is 0.454 e. The molecule has 0 spiro atoms. The van der Waals surface area contributed by atoms with Crippen LogP contribution in [0.15, 0.2) is 46.3 Å². The minimum atomic E-state index is -0.492. The normalized spacial score (nSPS) is 11.9. The van der Waals surface area contributed by atoms with Gasteiger partial charge in [0.2, 0.25) is 0 Å². The Morgan fingerprint density at radius 1 is 1.27 bits per heavy atom. The summed E-state index contributed by atoms with van der Waals surface area (Å²) < 4.78 is 5.85. The van der Waals surface area contributed by atoms with Crippen LogP contribution in [0, 0.1) is 0 Å². The number of hydrogen-bond donors (Lipinski definition) is 2. The Morgan fingerprint density at radius 3 is 2.91 bits per heavy atom. The molecule has 0 radical (unpaired) electrons. The molecule has 0 fully saturated rings. The van der Waals surface area contributed by atoms with Crippen LogP contribution in [0.2, 0.25) is 5.02 Å². The molecule has 1 aliphatic rings. The number of fused-ring (bicyclic) bond motifs is 2. The Bertz CT molecular complexity index is 764. The molecule has 22 heavy (non-hydrogen) atoms. The highest BCUT2D eigenvalue weighted by molar-refractivity contribution is 8.00. The van der Waals surface area contributed by atoms with Crippen LogP contribution in [0.1, 0.15) is 5.56 Å². The first-order valence-electron chi connectivity index (χ1n) is 6.38. The van der Waals surface area contributed by atoms with E-state index in [1.165, 1.54) is 11.8 Å². The van der Waals surface area contributed by atoms with E-state index < -0.39 is 5.91 Å². The number of halogens is 1. The van der Waals surface area contributed by atoms with E-state index in [1.54, 1.807) is 23.8 Å². The molecule has 5 nitrogen and oxygen atoms in total. The summed E-state index contributed by atoms with van der Waals surface area (Å²) >= 11 is 7.60. The summed E-state index contributed by atoms with van der Waals surface area (Å²) in [6.07, 6.45) is 1.65. The number of benzene rings is 2. The molecule has 0 saturated heterocycles. The molecule has 0 saturated carbocycles. The Labute approximate surface area is 135 Å². The maximum absolute atomic E-state index is 11.1. The average molecular weight is 335 g/mol. The number of hydroxylamine groups is 1. The van der Waals surface area contributed by atoms with Crippen LogP contribution < -0.4 is 10.2 Å². The van der Waals surface area contributed by atoms with Gasteiger partial charge in [-0.05, 0) is 24.3 Å². The van der Waals surface area contributed by atoms with E-state index in [4.69, 9.17) is 21.5 Å². The lowest BCUT2D eigenvalue weighted by atomic mass is 10.2. The molecule has 0 aromatic heterocycles. The zero-order valence-corrected chi connectivity index (χ0v) is 12.8. The second-order valence-corrected chi connectivity index (χ2v) is 5.84. The molecular weight excluding hydrogens is 324 g/mol. The number of aliphatic imine (C=N–C) groups is 1. The molecule has 2 aromatic carbocycles. The fraction of sp³-hybridized carbons (Fsp3) is 0.0667. The summed E-state index contributed by atoms with van der Waals surface area (Å²) in [6.45, 7) is 0. The maximum atomic E-state index is 11.1. The van der Waals surface area contributed by atoms with Gasteiger partial charge in [0, 0.05) is 11.1 Å². The first-order chi connectivity index (χ1) is 10.7. The van der Waals surface area contributed by atoms with Gasteiger partial charge in [0.15, 0.2) is 5.75 Å². The third kappa shape index (κ3) is 2.94. The number of thioether (sulfide) groups is 1. The van der Waals surface area contributed by atoms with Gasteiger partial charge < -0.3 is 4.74 Å². The highest BCUT2D eigenvalue weighted by atomic mass is 35.5. The lowest BCUT2D eigenvalue weighted by molar-refractivity contribution is -0.126. The van der Waals surface area contributed by atoms with Crippen LogP contribution in [0.3, 0.4) is 0 Å². The van der Waals surface area contributed by atoms with E-state index in [1.807, 2.05) is 24.3 Å². The van der Waals surface area contributed by atoms with Gasteiger partial charge in [0.05, 0.1) is 16.3 Å². The number of para-hydroxylation sites is 2. The molecule has 2 N–H and O–H groups in total. The number of hydrogen-bond acceptors (Lipinski definition) is 5. The number of carbonyl (C=O) groups excluding carboxylic acids is 1. The standard InChI is InChI=1S/C15H11ClN2O3S/c16-15-9-7-17-10-3-1-2-4-12(10)21-11(9)5-6-13(15)22-8-14(19)18-20/h1-7,20H,8H2,(H,18,19). The van der Waals surface area contributed by atoms with Crippen molar-refractivity contribution in [2.45, 2.75) is 4.90 Å². The Kier molecular flexibility index (Phi) is 4.33. The van der Waals surface area contributed by atoms with E-state index in [0.717, 1.165) is 5.69 Å². The van der Waals surface area contributed by atoms with Crippen molar-refractivity contribution in [3.05, 3.63) is 47.0 Å². The van der Waals surface area contributed by atoms with Crippen molar-refractivity contribution >= 4 is 41.2 Å². The van der Waals surface area contributed by atoms with Gasteiger partial charge in [-0.25, -0.2) is 5.48 Å². The van der Waals surface area contributed by atoms with E-state index in [2.05, 4.69) is 4.99 Å². The smallest absolute Gasteiger partial charge is 0.253 e. The third-order valence-corrected chi connectivity index (χ3v) is 4.58. The van der Waals surface area contributed by atoms with Crippen molar-refractivity contribution in [3.8, 4) is 11.5 Å². The first kappa shape index (κ1) is 14.9. The summed E-state index contributed by atoms with van der Waals surface area (Å²) in [5.41, 5.74) is 2.97. The molecule has 3 rings (SSSR count). The number of amides is 1. The number of nitrogens with zero attached hydrogens (tertiary/aromatic N) is 1. The molecule has 112 valence electrons. The van der Waals surface area contributed by atoms with Crippen LogP contribution >= 0.6 is 23.4 Å². The van der Waals surface area contributed by atoms with Crippen molar-refractivity contribution in [3.63, 3.8) is 0 Å². The molecule has 0 aliphatic carbocycles.